The van der Waals surface area contributed by atoms with Gasteiger partial charge in [0, 0.05) is 0 Å². The number of aromatic hydroxyl groups is 1. The first-order valence-corrected chi connectivity index (χ1v) is 7.25. The van der Waals surface area contributed by atoms with Crippen molar-refractivity contribution in [2.45, 2.75) is 5.75 Å². The second-order valence-corrected chi connectivity index (χ2v) is 5.83. The zero-order chi connectivity index (χ0) is 14.8. The van der Waals surface area contributed by atoms with Crippen LogP contribution >= 0.6 is 0 Å². The summed E-state index contributed by atoms with van der Waals surface area (Å²) in [4.78, 5) is 0. The van der Waals surface area contributed by atoms with Crippen LogP contribution in [0.1, 0.15) is 5.56 Å². The third-order valence-electron chi connectivity index (χ3n) is 2.53. The fourth-order valence-corrected chi connectivity index (χ4v) is 2.82. The highest BCUT2D eigenvalue weighted by Gasteiger charge is 2.18. The van der Waals surface area contributed by atoms with E-state index in [1.54, 1.807) is 30.3 Å². The van der Waals surface area contributed by atoms with E-state index in [1.165, 1.54) is 0 Å². The van der Waals surface area contributed by atoms with Gasteiger partial charge in [-0.1, -0.05) is 30.3 Å². The normalized spacial score (nSPS) is 11.3. The van der Waals surface area contributed by atoms with Crippen molar-refractivity contribution in [1.82, 2.24) is 0 Å². The number of phenols is 1. The number of nitrogens with one attached hydrogen (secondary N) is 1. The molecule has 0 fully saturated rings. The van der Waals surface area contributed by atoms with Gasteiger partial charge < -0.3 is 5.11 Å². The molecule has 20 heavy (non-hydrogen) atoms. The first-order chi connectivity index (χ1) is 9.39. The minimum Gasteiger partial charge on any atom is -0.503 e. The van der Waals surface area contributed by atoms with Crippen molar-refractivity contribution in [3.8, 4) is 5.75 Å². The zero-order valence-electron chi connectivity index (χ0n) is 10.2. The van der Waals surface area contributed by atoms with Crippen LogP contribution < -0.4 is 4.72 Å². The summed E-state index contributed by atoms with van der Waals surface area (Å²) >= 11 is 0. The van der Waals surface area contributed by atoms with E-state index < -0.39 is 33.1 Å². The Hall–Kier alpha value is -2.15. The molecule has 0 aromatic heterocycles. The molecule has 0 spiro atoms. The average Bonchev–Trinajstić information content (AvgIpc) is 2.40. The minimum absolute atomic E-state index is 0.341. The van der Waals surface area contributed by atoms with Crippen LogP contribution in [-0.2, 0) is 15.8 Å². The van der Waals surface area contributed by atoms with Gasteiger partial charge in [0.2, 0.25) is 15.8 Å². The number of anilines is 1. The lowest BCUT2D eigenvalue weighted by molar-refractivity contribution is 0.409. The maximum atomic E-state index is 13.1. The van der Waals surface area contributed by atoms with E-state index >= 15 is 0 Å². The Morgan fingerprint density at radius 3 is 2.35 bits per heavy atom. The smallest absolute Gasteiger partial charge is 0.237 e. The summed E-state index contributed by atoms with van der Waals surface area (Å²) in [6.07, 6.45) is 0. The molecule has 2 N–H and O–H groups in total. The van der Waals surface area contributed by atoms with Gasteiger partial charge in [0.25, 0.3) is 0 Å². The molecule has 0 bridgehead atoms. The lowest BCUT2D eigenvalue weighted by Gasteiger charge is -2.10. The van der Waals surface area contributed by atoms with Gasteiger partial charge in [-0.2, -0.15) is 4.39 Å². The largest absolute Gasteiger partial charge is 0.503 e. The van der Waals surface area contributed by atoms with E-state index in [0.717, 1.165) is 12.1 Å². The van der Waals surface area contributed by atoms with E-state index in [0.29, 0.717) is 5.56 Å². The van der Waals surface area contributed by atoms with Crippen molar-refractivity contribution < 1.29 is 22.3 Å². The lowest BCUT2D eigenvalue weighted by atomic mass is 10.2. The third kappa shape index (κ3) is 3.24. The monoisotopic (exact) mass is 299 g/mol. The SMILES string of the molecule is O=S(=O)(Cc1ccccc1)Nc1ccc(F)c(F)c1O. The summed E-state index contributed by atoms with van der Waals surface area (Å²) in [6, 6.07) is 10.0. The van der Waals surface area contributed by atoms with Gasteiger partial charge in [0.1, 0.15) is 0 Å². The van der Waals surface area contributed by atoms with E-state index in [1.807, 2.05) is 4.72 Å². The third-order valence-corrected chi connectivity index (χ3v) is 3.78. The van der Waals surface area contributed by atoms with Gasteiger partial charge in [-0.15, -0.1) is 0 Å². The Kier molecular flexibility index (Phi) is 3.89. The molecule has 2 rings (SSSR count). The van der Waals surface area contributed by atoms with Crippen LogP contribution in [0.25, 0.3) is 0 Å². The Balaban J connectivity index is 2.23. The van der Waals surface area contributed by atoms with Crippen LogP contribution in [0.2, 0.25) is 0 Å². The molecule has 4 nitrogen and oxygen atoms in total. The zero-order valence-corrected chi connectivity index (χ0v) is 11.0. The Labute approximate surface area is 114 Å². The second-order valence-electron chi connectivity index (χ2n) is 4.10. The van der Waals surface area contributed by atoms with Gasteiger partial charge in [-0.25, -0.2) is 12.8 Å². The predicted octanol–water partition coefficient (Wildman–Crippen LogP) is 2.61. The van der Waals surface area contributed by atoms with E-state index in [4.69, 9.17) is 0 Å². The van der Waals surface area contributed by atoms with Crippen LogP contribution in [0.3, 0.4) is 0 Å². The molecule has 0 atom stereocenters. The first kappa shape index (κ1) is 14.3. The molecule has 0 unspecified atom stereocenters. The van der Waals surface area contributed by atoms with Gasteiger partial charge >= 0.3 is 0 Å². The Morgan fingerprint density at radius 1 is 1.05 bits per heavy atom. The molecule has 0 aliphatic rings. The van der Waals surface area contributed by atoms with Crippen LogP contribution in [0, 0.1) is 11.6 Å². The quantitative estimate of drug-likeness (QED) is 0.853. The Morgan fingerprint density at radius 2 is 1.70 bits per heavy atom. The molecule has 2 aromatic carbocycles. The molecule has 0 aliphatic carbocycles. The number of sulfonamides is 1. The van der Waals surface area contributed by atoms with Crippen LogP contribution in [0.5, 0.6) is 5.75 Å². The second kappa shape index (κ2) is 5.46. The maximum absolute atomic E-state index is 13.1. The highest BCUT2D eigenvalue weighted by molar-refractivity contribution is 7.91. The van der Waals surface area contributed by atoms with Crippen LogP contribution in [-0.4, -0.2) is 13.5 Å². The van der Waals surface area contributed by atoms with Crippen molar-refractivity contribution in [3.63, 3.8) is 0 Å². The molecule has 0 radical (unpaired) electrons. The van der Waals surface area contributed by atoms with E-state index in [2.05, 4.69) is 0 Å². The first-order valence-electron chi connectivity index (χ1n) is 5.60. The van der Waals surface area contributed by atoms with Gasteiger partial charge in [-0.05, 0) is 17.7 Å². The highest BCUT2D eigenvalue weighted by Crippen LogP contribution is 2.29. The van der Waals surface area contributed by atoms with Crippen LogP contribution in [0.4, 0.5) is 14.5 Å². The summed E-state index contributed by atoms with van der Waals surface area (Å²) in [7, 11) is -3.84. The number of halogens is 2. The lowest BCUT2D eigenvalue weighted by Crippen LogP contribution is -2.15. The van der Waals surface area contributed by atoms with Crippen molar-refractivity contribution in [3.05, 3.63) is 59.7 Å². The van der Waals surface area contributed by atoms with Crippen LogP contribution in [0.15, 0.2) is 42.5 Å². The summed E-state index contributed by atoms with van der Waals surface area (Å²) < 4.78 is 51.7. The number of benzene rings is 2. The summed E-state index contributed by atoms with van der Waals surface area (Å²) in [5.74, 6) is -4.16. The van der Waals surface area contributed by atoms with Crippen molar-refractivity contribution in [2.24, 2.45) is 0 Å². The van der Waals surface area contributed by atoms with Crippen molar-refractivity contribution >= 4 is 15.7 Å². The van der Waals surface area contributed by atoms with Crippen molar-refractivity contribution in [2.75, 3.05) is 4.72 Å². The fraction of sp³-hybridized carbons (Fsp3) is 0.0769. The van der Waals surface area contributed by atoms with E-state index in [-0.39, 0.29) is 5.75 Å². The standard InChI is InChI=1S/C13H11F2NO3S/c14-10-6-7-11(13(17)12(10)15)16-20(18,19)8-9-4-2-1-3-5-9/h1-7,16-17H,8H2. The number of rotatable bonds is 4. The molecule has 106 valence electrons. The van der Waals surface area contributed by atoms with Gasteiger partial charge in [0.05, 0.1) is 11.4 Å². The maximum Gasteiger partial charge on any atom is 0.237 e. The van der Waals surface area contributed by atoms with E-state index in [9.17, 15) is 22.3 Å². The summed E-state index contributed by atoms with van der Waals surface area (Å²) in [5, 5.41) is 9.37. The molecule has 0 heterocycles. The molecule has 0 saturated carbocycles. The van der Waals surface area contributed by atoms with Gasteiger partial charge in [0.15, 0.2) is 11.6 Å². The Bertz CT molecular complexity index is 718. The number of hydrogen-bond acceptors (Lipinski definition) is 3. The average molecular weight is 299 g/mol. The molecule has 2 aromatic rings. The molecular formula is C13H11F2NO3S. The topological polar surface area (TPSA) is 66.4 Å². The molecule has 0 saturated heterocycles. The number of hydrogen-bond donors (Lipinski definition) is 2. The fourth-order valence-electron chi connectivity index (χ4n) is 1.62. The molecule has 7 heteroatoms. The summed E-state index contributed by atoms with van der Waals surface area (Å²) in [6.45, 7) is 0. The van der Waals surface area contributed by atoms with Crippen molar-refractivity contribution in [1.29, 1.82) is 0 Å². The van der Waals surface area contributed by atoms with Gasteiger partial charge in [-0.3, -0.25) is 4.72 Å². The predicted molar refractivity (Wildman–Crippen MR) is 70.7 cm³/mol. The molecule has 0 aliphatic heterocycles. The minimum atomic E-state index is -3.84. The summed E-state index contributed by atoms with van der Waals surface area (Å²) in [5.41, 5.74) is 0.127. The molecular weight excluding hydrogens is 288 g/mol. The highest BCUT2D eigenvalue weighted by atomic mass is 32.2. The molecule has 0 amide bonds. The number of phenolic OH excluding ortho intramolecular Hbond substituents is 1.